The Morgan fingerprint density at radius 3 is 2.27 bits per heavy atom. The molecule has 80 valence electrons. The molecule has 0 bridgehead atoms. The molecule has 0 N–H and O–H groups in total. The molecule has 1 aromatic rings. The molecule has 15 heavy (non-hydrogen) atoms. The highest BCUT2D eigenvalue weighted by molar-refractivity contribution is 6.64. The van der Waals surface area contributed by atoms with Crippen LogP contribution in [0.1, 0.15) is 23.1 Å². The van der Waals surface area contributed by atoms with E-state index in [1.54, 1.807) is 0 Å². The number of aromatic nitrogens is 2. The second kappa shape index (κ2) is 4.25. The summed E-state index contributed by atoms with van der Waals surface area (Å²) in [5.74, 6) is -0.193. The molecule has 0 radical (unpaired) electrons. The highest BCUT2D eigenvalue weighted by atomic mass is 19.4. The molecule has 1 aromatic heterocycles. The van der Waals surface area contributed by atoms with Gasteiger partial charge in [0.1, 0.15) is 0 Å². The van der Waals surface area contributed by atoms with Crippen molar-refractivity contribution in [2.45, 2.75) is 6.92 Å². The first-order valence-electron chi connectivity index (χ1n) is 4.11. The predicted octanol–water partition coefficient (Wildman–Crippen LogP) is 2.08. The van der Waals surface area contributed by atoms with E-state index in [0.29, 0.717) is 0 Å². The van der Waals surface area contributed by atoms with Crippen LogP contribution in [-0.2, 0) is 0 Å². The molecule has 1 heterocycles. The summed E-state index contributed by atoms with van der Waals surface area (Å²) < 4.78 is 35.5. The van der Waals surface area contributed by atoms with Crippen molar-refractivity contribution in [3.63, 3.8) is 0 Å². The highest BCUT2D eigenvalue weighted by Crippen LogP contribution is 2.11. The standard InChI is InChI=1S/C8H7BF3N2O/c1-6(15)8-13-4-7(5-14-8)2-3-9(10,11)12/h2-5H,1H3/q-1/b3-2+. The summed E-state index contributed by atoms with van der Waals surface area (Å²) in [6, 6.07) is 0. The Bertz CT molecular complexity index is 386. The Labute approximate surface area is 84.1 Å². The van der Waals surface area contributed by atoms with Crippen molar-refractivity contribution in [2.24, 2.45) is 0 Å². The third-order valence-electron chi connectivity index (χ3n) is 1.49. The summed E-state index contributed by atoms with van der Waals surface area (Å²) in [5.41, 5.74) is 0.208. The van der Waals surface area contributed by atoms with Gasteiger partial charge in [-0.25, -0.2) is 9.97 Å². The predicted molar refractivity (Wildman–Crippen MR) is 50.1 cm³/mol. The van der Waals surface area contributed by atoms with Crippen molar-refractivity contribution in [2.75, 3.05) is 0 Å². The number of rotatable bonds is 3. The fourth-order valence-electron chi connectivity index (χ4n) is 0.826. The first-order chi connectivity index (χ1) is 6.88. The van der Waals surface area contributed by atoms with Crippen molar-refractivity contribution >= 4 is 18.8 Å². The van der Waals surface area contributed by atoms with E-state index in [0.717, 1.165) is 6.08 Å². The van der Waals surface area contributed by atoms with E-state index in [9.17, 15) is 17.7 Å². The molecular formula is C8H7BF3N2O-. The van der Waals surface area contributed by atoms with Gasteiger partial charge in [0.15, 0.2) is 11.6 Å². The first kappa shape index (κ1) is 11.4. The fraction of sp³-hybridized carbons (Fsp3) is 0.125. The molecule has 0 unspecified atom stereocenters. The lowest BCUT2D eigenvalue weighted by molar-refractivity contribution is 0.100. The summed E-state index contributed by atoms with van der Waals surface area (Å²) in [6.45, 7) is -3.67. The number of Topliss-reactive ketones (excluding diaryl/α,β-unsaturated/α-hetero) is 1. The number of ketones is 1. The minimum Gasteiger partial charge on any atom is -0.445 e. The van der Waals surface area contributed by atoms with E-state index < -0.39 is 6.98 Å². The van der Waals surface area contributed by atoms with Crippen LogP contribution in [0.25, 0.3) is 6.08 Å². The molecule has 3 nitrogen and oxygen atoms in total. The lowest BCUT2D eigenvalue weighted by Crippen LogP contribution is -2.09. The average Bonchev–Trinajstić information content (AvgIpc) is 2.14. The second-order valence-electron chi connectivity index (χ2n) is 2.88. The van der Waals surface area contributed by atoms with Gasteiger partial charge in [0.2, 0.25) is 0 Å². The van der Waals surface area contributed by atoms with Gasteiger partial charge in [0, 0.05) is 24.9 Å². The molecule has 0 atom stereocenters. The van der Waals surface area contributed by atoms with E-state index in [1.165, 1.54) is 19.3 Å². The molecule has 0 aliphatic carbocycles. The van der Waals surface area contributed by atoms with Crippen molar-refractivity contribution in [1.29, 1.82) is 0 Å². The van der Waals surface area contributed by atoms with Crippen LogP contribution in [-0.4, -0.2) is 22.7 Å². The number of hydrogen-bond acceptors (Lipinski definition) is 3. The third-order valence-corrected chi connectivity index (χ3v) is 1.49. The maximum Gasteiger partial charge on any atom is 0.502 e. The minimum atomic E-state index is -4.95. The molecular weight excluding hydrogens is 208 g/mol. The smallest absolute Gasteiger partial charge is 0.445 e. The van der Waals surface area contributed by atoms with Gasteiger partial charge < -0.3 is 12.9 Å². The van der Waals surface area contributed by atoms with Gasteiger partial charge >= 0.3 is 6.98 Å². The SMILES string of the molecule is CC(=O)c1ncc(/C=C/[B-](F)(F)F)cn1. The molecule has 7 heteroatoms. The van der Waals surface area contributed by atoms with Crippen molar-refractivity contribution in [3.8, 4) is 0 Å². The van der Waals surface area contributed by atoms with Gasteiger partial charge in [0.25, 0.3) is 0 Å². The van der Waals surface area contributed by atoms with Gasteiger partial charge in [-0.2, -0.15) is 0 Å². The molecule has 0 saturated heterocycles. The van der Waals surface area contributed by atoms with Gasteiger partial charge in [-0.3, -0.25) is 4.79 Å². The second-order valence-corrected chi connectivity index (χ2v) is 2.88. The largest absolute Gasteiger partial charge is 0.502 e. The Morgan fingerprint density at radius 2 is 1.87 bits per heavy atom. The molecule has 0 fully saturated rings. The Kier molecular flexibility index (Phi) is 3.23. The summed E-state index contributed by atoms with van der Waals surface area (Å²) in [7, 11) is 0. The van der Waals surface area contributed by atoms with E-state index in [1.807, 2.05) is 0 Å². The number of nitrogens with zero attached hydrogens (tertiary/aromatic N) is 2. The number of halogens is 3. The zero-order valence-corrected chi connectivity index (χ0v) is 7.82. The van der Waals surface area contributed by atoms with Gasteiger partial charge in [-0.05, 0) is 0 Å². The molecule has 0 amide bonds. The molecule has 0 aliphatic rings. The van der Waals surface area contributed by atoms with E-state index in [-0.39, 0.29) is 23.1 Å². The van der Waals surface area contributed by atoms with Gasteiger partial charge in [-0.1, -0.05) is 6.08 Å². The van der Waals surface area contributed by atoms with Gasteiger partial charge in [-0.15, -0.1) is 5.98 Å². The van der Waals surface area contributed by atoms with Crippen LogP contribution in [0.2, 0.25) is 0 Å². The molecule has 0 aliphatic heterocycles. The number of carbonyl (C=O) groups excluding carboxylic acids is 1. The topological polar surface area (TPSA) is 42.9 Å². The first-order valence-corrected chi connectivity index (χ1v) is 4.11. The van der Waals surface area contributed by atoms with Crippen LogP contribution in [0, 0.1) is 0 Å². The van der Waals surface area contributed by atoms with Crippen molar-refractivity contribution in [1.82, 2.24) is 9.97 Å². The lowest BCUT2D eigenvalue weighted by Gasteiger charge is -2.05. The summed E-state index contributed by atoms with van der Waals surface area (Å²) in [5, 5.41) is 0. The average molecular weight is 215 g/mol. The van der Waals surface area contributed by atoms with Crippen LogP contribution in [0.15, 0.2) is 18.4 Å². The third kappa shape index (κ3) is 3.93. The van der Waals surface area contributed by atoms with Crippen LogP contribution in [0.3, 0.4) is 0 Å². The zero-order chi connectivity index (χ0) is 11.5. The van der Waals surface area contributed by atoms with Gasteiger partial charge in [0.05, 0.1) is 0 Å². The van der Waals surface area contributed by atoms with E-state index in [2.05, 4.69) is 9.97 Å². The fourth-order valence-corrected chi connectivity index (χ4v) is 0.826. The monoisotopic (exact) mass is 215 g/mol. The van der Waals surface area contributed by atoms with Crippen molar-refractivity contribution in [3.05, 3.63) is 29.8 Å². The van der Waals surface area contributed by atoms with Crippen LogP contribution in [0.5, 0.6) is 0 Å². The van der Waals surface area contributed by atoms with Crippen LogP contribution in [0.4, 0.5) is 12.9 Å². The quantitative estimate of drug-likeness (QED) is 0.572. The maximum atomic E-state index is 11.8. The Balaban J connectivity index is 2.82. The van der Waals surface area contributed by atoms with E-state index >= 15 is 0 Å². The molecule has 0 aromatic carbocycles. The lowest BCUT2D eigenvalue weighted by atomic mass is 9.91. The molecule has 0 spiro atoms. The zero-order valence-electron chi connectivity index (χ0n) is 7.82. The maximum absolute atomic E-state index is 11.8. The van der Waals surface area contributed by atoms with Crippen LogP contribution >= 0.6 is 0 Å². The summed E-state index contributed by atoms with van der Waals surface area (Å²) >= 11 is 0. The van der Waals surface area contributed by atoms with Crippen molar-refractivity contribution < 1.29 is 17.7 Å². The van der Waals surface area contributed by atoms with E-state index in [4.69, 9.17) is 0 Å². The number of hydrogen-bond donors (Lipinski definition) is 0. The molecule has 1 rings (SSSR count). The molecule has 0 saturated carbocycles. The Morgan fingerprint density at radius 1 is 1.33 bits per heavy atom. The highest BCUT2D eigenvalue weighted by Gasteiger charge is 2.16. The Hall–Kier alpha value is -1.66. The van der Waals surface area contributed by atoms with Crippen LogP contribution < -0.4 is 0 Å². The number of carbonyl (C=O) groups is 1. The summed E-state index contributed by atoms with van der Waals surface area (Å²) in [4.78, 5) is 18.0. The summed E-state index contributed by atoms with van der Waals surface area (Å²) in [6.07, 6.45) is 3.20. The minimum absolute atomic E-state index is 0.00957. The normalized spacial score (nSPS) is 12.0.